The minimum Gasteiger partial charge on any atom is -0.382 e. The topological polar surface area (TPSA) is 48.3 Å². The first kappa shape index (κ1) is 17.1. The highest BCUT2D eigenvalue weighted by molar-refractivity contribution is 4.97. The van der Waals surface area contributed by atoms with Gasteiger partial charge >= 0.3 is 0 Å². The Labute approximate surface area is 122 Å². The van der Waals surface area contributed by atoms with Crippen molar-refractivity contribution < 1.29 is 9.47 Å². The molecule has 0 unspecified atom stereocenters. The maximum absolute atomic E-state index is 5.45. The zero-order valence-electron chi connectivity index (χ0n) is 13.1. The first-order valence-electron chi connectivity index (χ1n) is 7.50. The Balaban J connectivity index is 2.12. The van der Waals surface area contributed by atoms with Gasteiger partial charge in [0, 0.05) is 33.0 Å². The van der Waals surface area contributed by atoms with Crippen molar-refractivity contribution in [2.75, 3.05) is 33.5 Å². The number of hydrogen-bond donors (Lipinski definition) is 1. The molecule has 1 aromatic heterocycles. The second-order valence-electron chi connectivity index (χ2n) is 5.42. The highest BCUT2D eigenvalue weighted by Crippen LogP contribution is 2.03. The molecule has 0 fully saturated rings. The van der Waals surface area contributed by atoms with E-state index in [4.69, 9.17) is 9.47 Å². The van der Waals surface area contributed by atoms with Crippen molar-refractivity contribution in [2.45, 2.75) is 39.8 Å². The number of aromatic nitrogens is 2. The molecule has 1 heterocycles. The van der Waals surface area contributed by atoms with Crippen LogP contribution in [0.5, 0.6) is 0 Å². The number of methoxy groups -OCH3 is 1. The predicted octanol–water partition coefficient (Wildman–Crippen LogP) is 2.07. The highest BCUT2D eigenvalue weighted by Gasteiger charge is 2.02. The molecule has 5 nitrogen and oxygen atoms in total. The molecule has 0 aliphatic rings. The van der Waals surface area contributed by atoms with Gasteiger partial charge in [-0.05, 0) is 25.3 Å². The number of nitrogens with zero attached hydrogens (tertiary/aromatic N) is 2. The number of imidazole rings is 1. The Kier molecular flexibility index (Phi) is 9.28. The minimum absolute atomic E-state index is 0.674. The molecule has 0 saturated heterocycles. The summed E-state index contributed by atoms with van der Waals surface area (Å²) in [5.41, 5.74) is 1.26. The summed E-state index contributed by atoms with van der Waals surface area (Å²) in [4.78, 5) is 4.23. The second kappa shape index (κ2) is 10.8. The van der Waals surface area contributed by atoms with E-state index < -0.39 is 0 Å². The first-order chi connectivity index (χ1) is 9.74. The molecular formula is C15H29N3O2. The van der Waals surface area contributed by atoms with Crippen LogP contribution < -0.4 is 5.32 Å². The lowest BCUT2D eigenvalue weighted by molar-refractivity contribution is 0.0684. The van der Waals surface area contributed by atoms with Crippen LogP contribution in [-0.2, 0) is 22.6 Å². The quantitative estimate of drug-likeness (QED) is 0.597. The summed E-state index contributed by atoms with van der Waals surface area (Å²) in [6, 6.07) is 0. The van der Waals surface area contributed by atoms with Crippen molar-refractivity contribution in [1.29, 1.82) is 0 Å². The molecule has 5 heteroatoms. The van der Waals surface area contributed by atoms with Crippen LogP contribution in [0.25, 0.3) is 0 Å². The number of ether oxygens (including phenoxy) is 2. The van der Waals surface area contributed by atoms with Gasteiger partial charge in [0.15, 0.2) is 0 Å². The van der Waals surface area contributed by atoms with E-state index in [1.165, 1.54) is 5.69 Å². The Morgan fingerprint density at radius 3 is 2.85 bits per heavy atom. The molecule has 116 valence electrons. The SMILES string of the molecule is COCCOCCCCn1cncc1CNCC(C)C. The van der Waals surface area contributed by atoms with Gasteiger partial charge < -0.3 is 19.4 Å². The van der Waals surface area contributed by atoms with Crippen molar-refractivity contribution in [1.82, 2.24) is 14.9 Å². The predicted molar refractivity (Wildman–Crippen MR) is 80.7 cm³/mol. The van der Waals surface area contributed by atoms with Crippen LogP contribution in [-0.4, -0.2) is 43.0 Å². The fourth-order valence-electron chi connectivity index (χ4n) is 1.92. The van der Waals surface area contributed by atoms with Crippen molar-refractivity contribution in [3.8, 4) is 0 Å². The third kappa shape index (κ3) is 7.62. The number of aryl methyl sites for hydroxylation is 1. The van der Waals surface area contributed by atoms with E-state index in [1.54, 1.807) is 7.11 Å². The standard InChI is InChI=1S/C15H29N3O2/c1-14(2)10-16-11-15-12-17-13-18(15)6-4-5-7-20-9-8-19-3/h12-14,16H,4-11H2,1-3H3. The van der Waals surface area contributed by atoms with E-state index in [9.17, 15) is 0 Å². The molecule has 1 N–H and O–H groups in total. The molecule has 20 heavy (non-hydrogen) atoms. The lowest BCUT2D eigenvalue weighted by Crippen LogP contribution is -2.20. The van der Waals surface area contributed by atoms with Crippen molar-refractivity contribution >= 4 is 0 Å². The second-order valence-corrected chi connectivity index (χ2v) is 5.42. The van der Waals surface area contributed by atoms with Gasteiger partial charge in [-0.25, -0.2) is 4.98 Å². The van der Waals surface area contributed by atoms with E-state index in [2.05, 4.69) is 28.7 Å². The molecular weight excluding hydrogens is 254 g/mol. The van der Waals surface area contributed by atoms with E-state index in [0.29, 0.717) is 19.1 Å². The maximum atomic E-state index is 5.45. The van der Waals surface area contributed by atoms with Crippen molar-refractivity contribution in [3.05, 3.63) is 18.2 Å². The van der Waals surface area contributed by atoms with Gasteiger partial charge in [0.05, 0.1) is 25.2 Å². The molecule has 0 saturated carbocycles. The maximum Gasteiger partial charge on any atom is 0.0948 e. The van der Waals surface area contributed by atoms with E-state index in [-0.39, 0.29) is 0 Å². The first-order valence-corrected chi connectivity index (χ1v) is 7.50. The fraction of sp³-hybridized carbons (Fsp3) is 0.800. The smallest absolute Gasteiger partial charge is 0.0948 e. The van der Waals surface area contributed by atoms with Gasteiger partial charge in [-0.3, -0.25) is 0 Å². The molecule has 1 rings (SSSR count). The summed E-state index contributed by atoms with van der Waals surface area (Å²) < 4.78 is 12.6. The molecule has 1 aromatic rings. The Morgan fingerprint density at radius 2 is 2.10 bits per heavy atom. The van der Waals surface area contributed by atoms with E-state index in [1.807, 2.05) is 12.5 Å². The summed E-state index contributed by atoms with van der Waals surface area (Å²) in [7, 11) is 1.69. The third-order valence-corrected chi connectivity index (χ3v) is 3.03. The monoisotopic (exact) mass is 283 g/mol. The van der Waals surface area contributed by atoms with Gasteiger partial charge in [0.2, 0.25) is 0 Å². The average Bonchev–Trinajstić information content (AvgIpc) is 2.85. The summed E-state index contributed by atoms with van der Waals surface area (Å²) in [6.45, 7) is 9.53. The zero-order chi connectivity index (χ0) is 14.6. The number of unbranched alkanes of at least 4 members (excludes halogenated alkanes) is 1. The largest absolute Gasteiger partial charge is 0.382 e. The molecule has 0 aliphatic heterocycles. The molecule has 0 aromatic carbocycles. The number of rotatable bonds is 12. The van der Waals surface area contributed by atoms with Crippen LogP contribution in [0.4, 0.5) is 0 Å². The fourth-order valence-corrected chi connectivity index (χ4v) is 1.92. The van der Waals surface area contributed by atoms with Gasteiger partial charge in [-0.2, -0.15) is 0 Å². The number of nitrogens with one attached hydrogen (secondary N) is 1. The van der Waals surface area contributed by atoms with Crippen LogP contribution in [0, 0.1) is 5.92 Å². The summed E-state index contributed by atoms with van der Waals surface area (Å²) in [6.07, 6.45) is 6.04. The molecule has 0 aliphatic carbocycles. The summed E-state index contributed by atoms with van der Waals surface area (Å²) in [5, 5.41) is 3.45. The van der Waals surface area contributed by atoms with Crippen LogP contribution in [0.1, 0.15) is 32.4 Å². The van der Waals surface area contributed by atoms with Crippen LogP contribution in [0.2, 0.25) is 0 Å². The van der Waals surface area contributed by atoms with Gasteiger partial charge in [0.25, 0.3) is 0 Å². The van der Waals surface area contributed by atoms with Crippen molar-refractivity contribution in [3.63, 3.8) is 0 Å². The Hall–Kier alpha value is -0.910. The average molecular weight is 283 g/mol. The van der Waals surface area contributed by atoms with Gasteiger partial charge in [0.1, 0.15) is 0 Å². The summed E-state index contributed by atoms with van der Waals surface area (Å²) in [5.74, 6) is 0.677. The van der Waals surface area contributed by atoms with E-state index >= 15 is 0 Å². The molecule has 0 bridgehead atoms. The van der Waals surface area contributed by atoms with E-state index in [0.717, 1.165) is 39.1 Å². The summed E-state index contributed by atoms with van der Waals surface area (Å²) >= 11 is 0. The Morgan fingerprint density at radius 1 is 1.25 bits per heavy atom. The van der Waals surface area contributed by atoms with Gasteiger partial charge in [-0.1, -0.05) is 13.8 Å². The third-order valence-electron chi connectivity index (χ3n) is 3.03. The molecule has 0 spiro atoms. The molecule has 0 radical (unpaired) electrons. The lowest BCUT2D eigenvalue weighted by Gasteiger charge is -2.10. The van der Waals surface area contributed by atoms with Crippen LogP contribution in [0.3, 0.4) is 0 Å². The molecule has 0 amide bonds. The lowest BCUT2D eigenvalue weighted by atomic mass is 10.2. The van der Waals surface area contributed by atoms with Crippen molar-refractivity contribution in [2.24, 2.45) is 5.92 Å². The van der Waals surface area contributed by atoms with Crippen LogP contribution in [0.15, 0.2) is 12.5 Å². The minimum atomic E-state index is 0.674. The molecule has 0 atom stereocenters. The Bertz CT molecular complexity index is 340. The number of hydrogen-bond acceptors (Lipinski definition) is 4. The van der Waals surface area contributed by atoms with Gasteiger partial charge in [-0.15, -0.1) is 0 Å². The van der Waals surface area contributed by atoms with Crippen LogP contribution >= 0.6 is 0 Å². The normalized spacial score (nSPS) is 11.4. The zero-order valence-corrected chi connectivity index (χ0v) is 13.1. The highest BCUT2D eigenvalue weighted by atomic mass is 16.5.